The lowest BCUT2D eigenvalue weighted by Gasteiger charge is -2.23. The monoisotopic (exact) mass is 295 g/mol. The Morgan fingerprint density at radius 1 is 1.29 bits per heavy atom. The minimum absolute atomic E-state index is 0.640. The van der Waals surface area contributed by atoms with Crippen LogP contribution in [0.2, 0.25) is 0 Å². The van der Waals surface area contributed by atoms with Crippen LogP contribution in [-0.2, 0) is 6.42 Å². The average Bonchev–Trinajstić information content (AvgIpc) is 2.75. The first-order valence-electron chi connectivity index (χ1n) is 6.60. The zero-order valence-electron chi connectivity index (χ0n) is 10.7. The molecule has 1 aliphatic rings. The van der Waals surface area contributed by atoms with Gasteiger partial charge in [0.05, 0.1) is 0 Å². The van der Waals surface area contributed by atoms with Crippen molar-refractivity contribution < 1.29 is 0 Å². The van der Waals surface area contributed by atoms with Gasteiger partial charge in [0.25, 0.3) is 0 Å². The fourth-order valence-electron chi connectivity index (χ4n) is 3.00. The SMILES string of the molecule is CNC(Cc1ccc(Br)cc1)C1CCC(C)C1. The summed E-state index contributed by atoms with van der Waals surface area (Å²) < 4.78 is 1.16. The fraction of sp³-hybridized carbons (Fsp3) is 0.600. The molecule has 1 aromatic carbocycles. The van der Waals surface area contributed by atoms with E-state index in [-0.39, 0.29) is 0 Å². The summed E-state index contributed by atoms with van der Waals surface area (Å²) in [6.45, 7) is 2.38. The van der Waals surface area contributed by atoms with Crippen molar-refractivity contribution in [1.29, 1.82) is 0 Å². The molecule has 3 atom stereocenters. The van der Waals surface area contributed by atoms with E-state index >= 15 is 0 Å². The summed E-state index contributed by atoms with van der Waals surface area (Å²) in [5.41, 5.74) is 1.44. The van der Waals surface area contributed by atoms with Crippen LogP contribution in [-0.4, -0.2) is 13.1 Å². The molecule has 2 heteroatoms. The largest absolute Gasteiger partial charge is 0.316 e. The van der Waals surface area contributed by atoms with Crippen LogP contribution in [0.25, 0.3) is 0 Å². The molecule has 1 nitrogen and oxygen atoms in total. The Bertz CT molecular complexity index is 346. The number of rotatable bonds is 4. The van der Waals surface area contributed by atoms with Gasteiger partial charge in [-0.25, -0.2) is 0 Å². The van der Waals surface area contributed by atoms with Gasteiger partial charge in [-0.15, -0.1) is 0 Å². The molecule has 0 aromatic heterocycles. The van der Waals surface area contributed by atoms with Crippen molar-refractivity contribution in [2.24, 2.45) is 11.8 Å². The van der Waals surface area contributed by atoms with Crippen molar-refractivity contribution in [3.05, 3.63) is 34.3 Å². The molecule has 0 saturated heterocycles. The zero-order chi connectivity index (χ0) is 12.3. The molecule has 0 spiro atoms. The second-order valence-corrected chi connectivity index (χ2v) is 6.32. The Morgan fingerprint density at radius 3 is 2.53 bits per heavy atom. The van der Waals surface area contributed by atoms with E-state index in [2.05, 4.69) is 59.5 Å². The van der Waals surface area contributed by atoms with E-state index < -0.39 is 0 Å². The van der Waals surface area contributed by atoms with E-state index in [1.54, 1.807) is 0 Å². The van der Waals surface area contributed by atoms with Gasteiger partial charge < -0.3 is 5.32 Å². The van der Waals surface area contributed by atoms with E-state index in [9.17, 15) is 0 Å². The Morgan fingerprint density at radius 2 is 2.00 bits per heavy atom. The van der Waals surface area contributed by atoms with Gasteiger partial charge in [0.15, 0.2) is 0 Å². The maximum atomic E-state index is 3.52. The lowest BCUT2D eigenvalue weighted by molar-refractivity contribution is 0.367. The maximum Gasteiger partial charge on any atom is 0.0175 e. The Hall–Kier alpha value is -0.340. The molecule has 2 rings (SSSR count). The first-order chi connectivity index (χ1) is 8.19. The number of nitrogens with one attached hydrogen (secondary N) is 1. The van der Waals surface area contributed by atoms with Gasteiger partial charge in [-0.1, -0.05) is 41.4 Å². The first-order valence-corrected chi connectivity index (χ1v) is 7.40. The van der Waals surface area contributed by atoms with Gasteiger partial charge in [0.2, 0.25) is 0 Å². The molecule has 3 unspecified atom stereocenters. The molecule has 1 aliphatic carbocycles. The van der Waals surface area contributed by atoms with Gasteiger partial charge in [0.1, 0.15) is 0 Å². The van der Waals surface area contributed by atoms with Crippen molar-refractivity contribution in [3.63, 3.8) is 0 Å². The summed E-state index contributed by atoms with van der Waals surface area (Å²) in [6.07, 6.45) is 5.34. The highest BCUT2D eigenvalue weighted by atomic mass is 79.9. The van der Waals surface area contributed by atoms with Gasteiger partial charge >= 0.3 is 0 Å². The maximum absolute atomic E-state index is 3.52. The molecule has 1 N–H and O–H groups in total. The highest BCUT2D eigenvalue weighted by molar-refractivity contribution is 9.10. The number of likely N-dealkylation sites (N-methyl/N-ethyl adjacent to an activating group) is 1. The average molecular weight is 296 g/mol. The highest BCUT2D eigenvalue weighted by Crippen LogP contribution is 2.33. The van der Waals surface area contributed by atoms with Crippen molar-refractivity contribution in [1.82, 2.24) is 5.32 Å². The minimum atomic E-state index is 0.640. The van der Waals surface area contributed by atoms with E-state index in [0.29, 0.717) is 6.04 Å². The minimum Gasteiger partial charge on any atom is -0.316 e. The number of hydrogen-bond donors (Lipinski definition) is 1. The third-order valence-corrected chi connectivity index (χ3v) is 4.57. The number of halogens is 1. The first kappa shape index (κ1) is 13.1. The predicted octanol–water partition coefficient (Wildman–Crippen LogP) is 4.02. The van der Waals surface area contributed by atoms with Crippen LogP contribution in [0.15, 0.2) is 28.7 Å². The smallest absolute Gasteiger partial charge is 0.0175 e. The van der Waals surface area contributed by atoms with Crippen LogP contribution in [0.5, 0.6) is 0 Å². The summed E-state index contributed by atoms with van der Waals surface area (Å²) in [5, 5.41) is 3.52. The lowest BCUT2D eigenvalue weighted by Crippen LogP contribution is -2.34. The molecular weight excluding hydrogens is 274 g/mol. The van der Waals surface area contributed by atoms with E-state index in [0.717, 1.165) is 22.7 Å². The summed E-state index contributed by atoms with van der Waals surface area (Å²) in [5.74, 6) is 1.78. The molecular formula is C15H22BrN. The lowest BCUT2D eigenvalue weighted by atomic mass is 9.91. The second-order valence-electron chi connectivity index (χ2n) is 5.40. The summed E-state index contributed by atoms with van der Waals surface area (Å²) in [6, 6.07) is 9.37. The van der Waals surface area contributed by atoms with E-state index in [1.807, 2.05) is 0 Å². The predicted molar refractivity (Wildman–Crippen MR) is 77.2 cm³/mol. The Balaban J connectivity index is 1.97. The highest BCUT2D eigenvalue weighted by Gasteiger charge is 2.27. The summed E-state index contributed by atoms with van der Waals surface area (Å²) >= 11 is 3.49. The van der Waals surface area contributed by atoms with E-state index in [4.69, 9.17) is 0 Å². The van der Waals surface area contributed by atoms with Crippen LogP contribution < -0.4 is 5.32 Å². The van der Waals surface area contributed by atoms with Crippen molar-refractivity contribution in [2.75, 3.05) is 7.05 Å². The zero-order valence-corrected chi connectivity index (χ0v) is 12.3. The van der Waals surface area contributed by atoms with Crippen molar-refractivity contribution in [3.8, 4) is 0 Å². The van der Waals surface area contributed by atoms with Crippen LogP contribution >= 0.6 is 15.9 Å². The second kappa shape index (κ2) is 6.01. The van der Waals surface area contributed by atoms with Crippen LogP contribution in [0.4, 0.5) is 0 Å². The number of hydrogen-bond acceptors (Lipinski definition) is 1. The third-order valence-electron chi connectivity index (χ3n) is 4.04. The van der Waals surface area contributed by atoms with Gasteiger partial charge in [-0.2, -0.15) is 0 Å². The quantitative estimate of drug-likeness (QED) is 0.885. The molecule has 0 bridgehead atoms. The molecule has 1 aromatic rings. The molecule has 0 amide bonds. The van der Waals surface area contributed by atoms with Crippen molar-refractivity contribution >= 4 is 15.9 Å². The molecule has 0 aliphatic heterocycles. The van der Waals surface area contributed by atoms with Crippen LogP contribution in [0.3, 0.4) is 0 Å². The fourth-order valence-corrected chi connectivity index (χ4v) is 3.26. The third kappa shape index (κ3) is 3.56. The molecule has 0 heterocycles. The standard InChI is InChI=1S/C15H22BrN/c1-11-3-6-13(9-11)15(17-2)10-12-4-7-14(16)8-5-12/h4-5,7-8,11,13,15,17H,3,6,9-10H2,1-2H3. The van der Waals surface area contributed by atoms with Crippen LogP contribution in [0, 0.1) is 11.8 Å². The van der Waals surface area contributed by atoms with Gasteiger partial charge in [0, 0.05) is 10.5 Å². The van der Waals surface area contributed by atoms with E-state index in [1.165, 1.54) is 24.8 Å². The number of benzene rings is 1. The topological polar surface area (TPSA) is 12.0 Å². The van der Waals surface area contributed by atoms with Gasteiger partial charge in [-0.3, -0.25) is 0 Å². The molecule has 94 valence electrons. The summed E-state index contributed by atoms with van der Waals surface area (Å²) in [7, 11) is 2.10. The molecule has 0 radical (unpaired) electrons. The molecule has 17 heavy (non-hydrogen) atoms. The summed E-state index contributed by atoms with van der Waals surface area (Å²) in [4.78, 5) is 0. The van der Waals surface area contributed by atoms with Crippen LogP contribution in [0.1, 0.15) is 31.7 Å². The molecule has 1 saturated carbocycles. The Labute approximate surface area is 113 Å². The Kier molecular flexibility index (Phi) is 4.63. The van der Waals surface area contributed by atoms with Crippen molar-refractivity contribution in [2.45, 2.75) is 38.6 Å². The van der Waals surface area contributed by atoms with Gasteiger partial charge in [-0.05, 0) is 55.8 Å². The normalized spacial score (nSPS) is 26.1. The molecule has 1 fully saturated rings.